The fourth-order valence-corrected chi connectivity index (χ4v) is 2.48. The molecule has 0 aliphatic heterocycles. The van der Waals surface area contributed by atoms with Gasteiger partial charge in [0.05, 0.1) is 25.5 Å². The fourth-order valence-electron chi connectivity index (χ4n) is 1.52. The molecule has 2 heterocycles. The number of nitrogens with one attached hydrogen (secondary N) is 2. The summed E-state index contributed by atoms with van der Waals surface area (Å²) in [6.07, 6.45) is 4.20. The van der Waals surface area contributed by atoms with Crippen LogP contribution in [0.4, 0.5) is 0 Å². The summed E-state index contributed by atoms with van der Waals surface area (Å²) in [5.41, 5.74) is 1.60. The third-order valence-corrected chi connectivity index (χ3v) is 3.99. The molecular weight excluding hydrogens is 270 g/mol. The molecule has 0 amide bonds. The van der Waals surface area contributed by atoms with Crippen LogP contribution in [-0.4, -0.2) is 40.1 Å². The van der Waals surface area contributed by atoms with E-state index in [1.54, 1.807) is 6.20 Å². The quantitative estimate of drug-likeness (QED) is 0.655. The Morgan fingerprint density at radius 1 is 1.47 bits per heavy atom. The van der Waals surface area contributed by atoms with Crippen molar-refractivity contribution in [1.29, 1.82) is 0 Å². The molecule has 104 valence electrons. The number of aromatic nitrogens is 4. The van der Waals surface area contributed by atoms with E-state index in [0.29, 0.717) is 0 Å². The number of hydrogen-bond acceptors (Lipinski definition) is 5. The van der Waals surface area contributed by atoms with Gasteiger partial charge in [0.25, 0.3) is 0 Å². The molecule has 0 fully saturated rings. The van der Waals surface area contributed by atoms with Crippen molar-refractivity contribution in [3.8, 4) is 0 Å². The molecule has 0 saturated heterocycles. The number of nitrogens with zero attached hydrogens (tertiary/aromatic N) is 3. The van der Waals surface area contributed by atoms with E-state index in [1.807, 2.05) is 6.92 Å². The molecule has 0 atom stereocenters. The van der Waals surface area contributed by atoms with Crippen LogP contribution in [0.25, 0.3) is 0 Å². The van der Waals surface area contributed by atoms with Crippen LogP contribution in [0.5, 0.6) is 0 Å². The van der Waals surface area contributed by atoms with Crippen LogP contribution >= 0.6 is 0 Å². The van der Waals surface area contributed by atoms with E-state index >= 15 is 0 Å². The number of H-pyrrole nitrogens is 1. The normalized spacial score (nSPS) is 11.9. The van der Waals surface area contributed by atoms with Crippen molar-refractivity contribution in [2.75, 3.05) is 6.61 Å². The lowest BCUT2D eigenvalue weighted by Gasteiger charge is -2.03. The molecule has 8 nitrogen and oxygen atoms in total. The highest BCUT2D eigenvalue weighted by Gasteiger charge is 2.16. The standard InChI is InChI=1S/C10H15N5O3S/c1-8-9(4-11-14-8)5-13-19(17,18)10-6-12-15(7-10)2-3-16/h4,6-7,13,16H,2-3,5H2,1H3,(H,11,14). The predicted molar refractivity (Wildman–Crippen MR) is 66.7 cm³/mol. The van der Waals surface area contributed by atoms with Crippen molar-refractivity contribution >= 4 is 10.0 Å². The lowest BCUT2D eigenvalue weighted by Crippen LogP contribution is -2.23. The summed E-state index contributed by atoms with van der Waals surface area (Å²) in [6.45, 7) is 2.14. The van der Waals surface area contributed by atoms with E-state index in [-0.39, 0.29) is 24.6 Å². The van der Waals surface area contributed by atoms with Crippen molar-refractivity contribution in [1.82, 2.24) is 24.7 Å². The molecule has 0 aliphatic carbocycles. The number of aryl methyl sites for hydroxylation is 1. The van der Waals surface area contributed by atoms with Gasteiger partial charge >= 0.3 is 0 Å². The Balaban J connectivity index is 2.07. The number of aromatic amines is 1. The Labute approximate surface area is 110 Å². The molecule has 0 bridgehead atoms. The fraction of sp³-hybridized carbons (Fsp3) is 0.400. The number of hydrogen-bond donors (Lipinski definition) is 3. The molecule has 2 aromatic rings. The van der Waals surface area contributed by atoms with Gasteiger partial charge in [0.15, 0.2) is 0 Å². The highest BCUT2D eigenvalue weighted by molar-refractivity contribution is 7.89. The summed E-state index contributed by atoms with van der Waals surface area (Å²) in [6, 6.07) is 0. The minimum Gasteiger partial charge on any atom is -0.394 e. The Bertz CT molecular complexity index is 646. The first kappa shape index (κ1) is 13.7. The third-order valence-electron chi connectivity index (χ3n) is 2.64. The van der Waals surface area contributed by atoms with Gasteiger partial charge < -0.3 is 5.11 Å². The van der Waals surface area contributed by atoms with Crippen molar-refractivity contribution in [2.24, 2.45) is 0 Å². The number of sulfonamides is 1. The van der Waals surface area contributed by atoms with E-state index < -0.39 is 10.0 Å². The van der Waals surface area contributed by atoms with Crippen LogP contribution in [0.2, 0.25) is 0 Å². The summed E-state index contributed by atoms with van der Waals surface area (Å²) in [5.74, 6) is 0. The van der Waals surface area contributed by atoms with E-state index in [0.717, 1.165) is 11.3 Å². The molecule has 19 heavy (non-hydrogen) atoms. The molecule has 9 heteroatoms. The molecule has 2 aromatic heterocycles. The summed E-state index contributed by atoms with van der Waals surface area (Å²) in [7, 11) is -3.61. The summed E-state index contributed by atoms with van der Waals surface area (Å²) in [5, 5.41) is 19.2. The van der Waals surface area contributed by atoms with Crippen LogP contribution in [-0.2, 0) is 23.1 Å². The van der Waals surface area contributed by atoms with Gasteiger partial charge in [-0.15, -0.1) is 0 Å². The van der Waals surface area contributed by atoms with Crippen LogP contribution in [0, 0.1) is 6.92 Å². The molecule has 0 unspecified atom stereocenters. The molecule has 0 radical (unpaired) electrons. The summed E-state index contributed by atoms with van der Waals surface area (Å²) >= 11 is 0. The number of aliphatic hydroxyl groups is 1. The first-order valence-electron chi connectivity index (χ1n) is 5.65. The molecule has 0 aliphatic rings. The average molecular weight is 285 g/mol. The number of rotatable bonds is 6. The zero-order valence-electron chi connectivity index (χ0n) is 10.4. The van der Waals surface area contributed by atoms with E-state index in [2.05, 4.69) is 20.0 Å². The van der Waals surface area contributed by atoms with Gasteiger partial charge in [-0.05, 0) is 6.92 Å². The Morgan fingerprint density at radius 3 is 2.89 bits per heavy atom. The van der Waals surface area contributed by atoms with E-state index in [1.165, 1.54) is 17.1 Å². The first-order valence-corrected chi connectivity index (χ1v) is 7.13. The van der Waals surface area contributed by atoms with Crippen molar-refractivity contribution in [3.63, 3.8) is 0 Å². The smallest absolute Gasteiger partial charge is 0.243 e. The Kier molecular flexibility index (Phi) is 3.98. The van der Waals surface area contributed by atoms with Crippen molar-refractivity contribution < 1.29 is 13.5 Å². The van der Waals surface area contributed by atoms with E-state index in [9.17, 15) is 8.42 Å². The van der Waals surface area contributed by atoms with Gasteiger partial charge in [0.2, 0.25) is 10.0 Å². The van der Waals surface area contributed by atoms with Gasteiger partial charge in [0.1, 0.15) is 4.90 Å². The molecule has 0 saturated carbocycles. The minimum absolute atomic E-state index is 0.0714. The lowest BCUT2D eigenvalue weighted by molar-refractivity contribution is 0.269. The van der Waals surface area contributed by atoms with Crippen molar-refractivity contribution in [3.05, 3.63) is 29.8 Å². The van der Waals surface area contributed by atoms with Crippen LogP contribution in [0.3, 0.4) is 0 Å². The first-order chi connectivity index (χ1) is 9.03. The monoisotopic (exact) mass is 285 g/mol. The molecule has 3 N–H and O–H groups in total. The highest BCUT2D eigenvalue weighted by atomic mass is 32.2. The zero-order chi connectivity index (χ0) is 13.9. The second kappa shape index (κ2) is 5.51. The average Bonchev–Trinajstić information content (AvgIpc) is 2.97. The van der Waals surface area contributed by atoms with Gasteiger partial charge in [-0.2, -0.15) is 10.2 Å². The highest BCUT2D eigenvalue weighted by Crippen LogP contribution is 2.09. The maximum Gasteiger partial charge on any atom is 0.243 e. The predicted octanol–water partition coefficient (Wildman–Crippen LogP) is -0.615. The zero-order valence-corrected chi connectivity index (χ0v) is 11.2. The van der Waals surface area contributed by atoms with E-state index in [4.69, 9.17) is 5.11 Å². The van der Waals surface area contributed by atoms with Gasteiger partial charge in [-0.1, -0.05) is 0 Å². The molecule has 2 rings (SSSR count). The maximum absolute atomic E-state index is 12.0. The number of aliphatic hydroxyl groups excluding tert-OH is 1. The molecule has 0 spiro atoms. The minimum atomic E-state index is -3.61. The van der Waals surface area contributed by atoms with Gasteiger partial charge in [-0.3, -0.25) is 9.78 Å². The maximum atomic E-state index is 12.0. The lowest BCUT2D eigenvalue weighted by atomic mass is 10.3. The van der Waals surface area contributed by atoms with Crippen LogP contribution < -0.4 is 4.72 Å². The SMILES string of the molecule is Cc1[nH]ncc1CNS(=O)(=O)c1cnn(CCO)c1. The third kappa shape index (κ3) is 3.19. The molecule has 0 aromatic carbocycles. The van der Waals surface area contributed by atoms with Gasteiger partial charge in [0, 0.05) is 24.0 Å². The largest absolute Gasteiger partial charge is 0.394 e. The van der Waals surface area contributed by atoms with Crippen molar-refractivity contribution in [2.45, 2.75) is 24.9 Å². The second-order valence-corrected chi connectivity index (χ2v) is 5.77. The van der Waals surface area contributed by atoms with Crippen LogP contribution in [0.15, 0.2) is 23.5 Å². The van der Waals surface area contributed by atoms with Gasteiger partial charge in [-0.25, -0.2) is 13.1 Å². The Morgan fingerprint density at radius 2 is 2.26 bits per heavy atom. The second-order valence-electron chi connectivity index (χ2n) is 4.01. The summed E-state index contributed by atoms with van der Waals surface area (Å²) < 4.78 is 27.8. The molecular formula is C10H15N5O3S. The Hall–Kier alpha value is -1.71. The topological polar surface area (TPSA) is 113 Å². The summed E-state index contributed by atoms with van der Waals surface area (Å²) in [4.78, 5) is 0.0714. The van der Waals surface area contributed by atoms with Crippen LogP contribution in [0.1, 0.15) is 11.3 Å².